The van der Waals surface area contributed by atoms with Crippen LogP contribution in [0.3, 0.4) is 0 Å². The highest BCUT2D eigenvalue weighted by Gasteiger charge is 2.26. The van der Waals surface area contributed by atoms with Crippen molar-refractivity contribution >= 4 is 28.2 Å². The first kappa shape index (κ1) is 16.1. The van der Waals surface area contributed by atoms with E-state index in [0.717, 1.165) is 5.69 Å². The number of amides is 1. The largest absolute Gasteiger partial charge is 0.459 e. The van der Waals surface area contributed by atoms with E-state index in [1.807, 2.05) is 0 Å². The van der Waals surface area contributed by atoms with Crippen LogP contribution in [0.2, 0.25) is 0 Å². The lowest BCUT2D eigenvalue weighted by Crippen LogP contribution is -2.48. The number of aromatic nitrogens is 1. The second-order valence-electron chi connectivity index (χ2n) is 6.02. The number of carbonyl (C=O) groups is 1. The van der Waals surface area contributed by atoms with Gasteiger partial charge in [0, 0.05) is 38.4 Å². The van der Waals surface area contributed by atoms with Crippen LogP contribution in [-0.4, -0.2) is 46.9 Å². The molecule has 1 fully saturated rings. The zero-order valence-electron chi connectivity index (χ0n) is 13.9. The predicted octanol–water partition coefficient (Wildman–Crippen LogP) is 2.70. The predicted molar refractivity (Wildman–Crippen MR) is 95.2 cm³/mol. The summed E-state index contributed by atoms with van der Waals surface area (Å²) in [5, 5.41) is 11.8. The van der Waals surface area contributed by atoms with Gasteiger partial charge in [0.05, 0.1) is 22.3 Å². The van der Waals surface area contributed by atoms with E-state index in [9.17, 15) is 14.9 Å². The number of hydrogen-bond acceptors (Lipinski definition) is 6. The van der Waals surface area contributed by atoms with Crippen LogP contribution in [0.1, 0.15) is 10.6 Å². The van der Waals surface area contributed by atoms with Crippen LogP contribution in [0.5, 0.6) is 0 Å². The molecule has 0 bridgehead atoms. The molecule has 1 aliphatic heterocycles. The summed E-state index contributed by atoms with van der Waals surface area (Å²) in [7, 11) is 0. The maximum Gasteiger partial charge on any atom is 0.289 e. The van der Waals surface area contributed by atoms with E-state index in [4.69, 9.17) is 4.42 Å². The van der Waals surface area contributed by atoms with Gasteiger partial charge < -0.3 is 14.2 Å². The van der Waals surface area contributed by atoms with Crippen molar-refractivity contribution in [3.05, 3.63) is 64.7 Å². The van der Waals surface area contributed by atoms with Crippen molar-refractivity contribution in [2.24, 2.45) is 0 Å². The Kier molecular flexibility index (Phi) is 4.00. The van der Waals surface area contributed by atoms with Gasteiger partial charge in [-0.2, -0.15) is 0 Å². The van der Waals surface area contributed by atoms with Gasteiger partial charge in [-0.25, -0.2) is 0 Å². The lowest BCUT2D eigenvalue weighted by Gasteiger charge is -2.36. The molecular formula is C18H16N4O4. The second-order valence-corrected chi connectivity index (χ2v) is 6.02. The number of furan rings is 1. The van der Waals surface area contributed by atoms with Crippen LogP contribution in [0.4, 0.5) is 11.4 Å². The molecule has 0 aliphatic carbocycles. The van der Waals surface area contributed by atoms with E-state index in [2.05, 4.69) is 9.88 Å². The van der Waals surface area contributed by atoms with Gasteiger partial charge in [0.1, 0.15) is 5.52 Å². The third kappa shape index (κ3) is 2.75. The molecule has 4 rings (SSSR count). The number of benzene rings is 1. The number of anilines is 1. The van der Waals surface area contributed by atoms with Crippen LogP contribution < -0.4 is 4.90 Å². The molecule has 132 valence electrons. The fourth-order valence-electron chi connectivity index (χ4n) is 3.26. The van der Waals surface area contributed by atoms with Crippen LogP contribution in [0.15, 0.2) is 53.3 Å². The van der Waals surface area contributed by atoms with E-state index in [1.54, 1.807) is 41.4 Å². The first-order valence-electron chi connectivity index (χ1n) is 8.25. The molecule has 8 heteroatoms. The Morgan fingerprint density at radius 2 is 1.92 bits per heavy atom. The lowest BCUT2D eigenvalue weighted by molar-refractivity contribution is -0.383. The van der Waals surface area contributed by atoms with Crippen LogP contribution in [-0.2, 0) is 0 Å². The molecule has 26 heavy (non-hydrogen) atoms. The molecule has 0 spiro atoms. The summed E-state index contributed by atoms with van der Waals surface area (Å²) in [4.78, 5) is 31.4. The SMILES string of the molecule is O=C(c1ccco1)N1CCN(c2ccc([N+](=O)[O-])c3cccnc23)CC1. The normalized spacial score (nSPS) is 14.6. The zero-order chi connectivity index (χ0) is 18.1. The van der Waals surface area contributed by atoms with E-state index < -0.39 is 4.92 Å². The standard InChI is InChI=1S/C18H16N4O4/c23-18(16-4-2-12-26-16)21-10-8-20(9-11-21)15-6-5-14(22(24)25)13-3-1-7-19-17(13)15/h1-7,12H,8-11H2. The molecule has 3 heterocycles. The minimum atomic E-state index is -0.395. The molecule has 8 nitrogen and oxygen atoms in total. The number of hydrogen-bond donors (Lipinski definition) is 0. The lowest BCUT2D eigenvalue weighted by atomic mass is 10.1. The van der Waals surface area contributed by atoms with Gasteiger partial charge in [-0.15, -0.1) is 0 Å². The highest BCUT2D eigenvalue weighted by Crippen LogP contribution is 2.32. The van der Waals surface area contributed by atoms with E-state index >= 15 is 0 Å². The Morgan fingerprint density at radius 1 is 1.12 bits per heavy atom. The molecule has 1 aromatic carbocycles. The summed E-state index contributed by atoms with van der Waals surface area (Å²) >= 11 is 0. The summed E-state index contributed by atoms with van der Waals surface area (Å²) in [6.45, 7) is 2.33. The number of piperazine rings is 1. The topological polar surface area (TPSA) is 92.7 Å². The maximum absolute atomic E-state index is 12.4. The van der Waals surface area contributed by atoms with Crippen molar-refractivity contribution < 1.29 is 14.1 Å². The molecule has 1 aliphatic rings. The third-order valence-corrected chi connectivity index (χ3v) is 4.56. The minimum Gasteiger partial charge on any atom is -0.459 e. The van der Waals surface area contributed by atoms with Crippen molar-refractivity contribution in [1.29, 1.82) is 0 Å². The van der Waals surface area contributed by atoms with E-state index in [-0.39, 0.29) is 11.6 Å². The number of carbonyl (C=O) groups excluding carboxylic acids is 1. The van der Waals surface area contributed by atoms with Crippen molar-refractivity contribution in [1.82, 2.24) is 9.88 Å². The number of fused-ring (bicyclic) bond motifs is 1. The van der Waals surface area contributed by atoms with Gasteiger partial charge in [0.25, 0.3) is 11.6 Å². The summed E-state index contributed by atoms with van der Waals surface area (Å²) < 4.78 is 5.17. The number of nitrogens with zero attached hydrogens (tertiary/aromatic N) is 4. The molecule has 0 atom stereocenters. The molecule has 1 amide bonds. The van der Waals surface area contributed by atoms with Gasteiger partial charge in [0.2, 0.25) is 0 Å². The first-order valence-corrected chi connectivity index (χ1v) is 8.25. The highest BCUT2D eigenvalue weighted by atomic mass is 16.6. The van der Waals surface area contributed by atoms with Gasteiger partial charge in [-0.3, -0.25) is 19.9 Å². The molecule has 0 saturated carbocycles. The van der Waals surface area contributed by atoms with Crippen molar-refractivity contribution in [3.8, 4) is 0 Å². The van der Waals surface area contributed by atoms with Crippen LogP contribution >= 0.6 is 0 Å². The average Bonchev–Trinajstić information content (AvgIpc) is 3.21. The van der Waals surface area contributed by atoms with E-state index in [0.29, 0.717) is 42.8 Å². The summed E-state index contributed by atoms with van der Waals surface area (Å²) in [5.74, 6) is 0.210. The molecule has 1 saturated heterocycles. The Labute approximate surface area is 148 Å². The number of nitro groups is 1. The minimum absolute atomic E-state index is 0.0449. The Balaban J connectivity index is 1.58. The molecule has 0 unspecified atom stereocenters. The Morgan fingerprint density at radius 3 is 2.62 bits per heavy atom. The molecule has 0 N–H and O–H groups in total. The zero-order valence-corrected chi connectivity index (χ0v) is 13.9. The Hall–Kier alpha value is -3.42. The molecule has 2 aromatic heterocycles. The molecule has 3 aromatic rings. The fourth-order valence-corrected chi connectivity index (χ4v) is 3.26. The van der Waals surface area contributed by atoms with Gasteiger partial charge in [-0.05, 0) is 30.3 Å². The number of nitro benzene ring substituents is 1. The van der Waals surface area contributed by atoms with Gasteiger partial charge in [0.15, 0.2) is 5.76 Å². The summed E-state index contributed by atoms with van der Waals surface area (Å²) in [5.41, 5.74) is 1.49. The highest BCUT2D eigenvalue weighted by molar-refractivity contribution is 5.97. The molecule has 0 radical (unpaired) electrons. The number of non-ortho nitro benzene ring substituents is 1. The maximum atomic E-state index is 12.4. The average molecular weight is 352 g/mol. The van der Waals surface area contributed by atoms with Crippen molar-refractivity contribution in [2.75, 3.05) is 31.1 Å². The second kappa shape index (κ2) is 6.47. The summed E-state index contributed by atoms with van der Waals surface area (Å²) in [6.07, 6.45) is 3.12. The monoisotopic (exact) mass is 352 g/mol. The quantitative estimate of drug-likeness (QED) is 0.531. The van der Waals surface area contributed by atoms with E-state index in [1.165, 1.54) is 12.3 Å². The molecular weight excluding hydrogens is 336 g/mol. The number of pyridine rings is 1. The van der Waals surface area contributed by atoms with Crippen molar-refractivity contribution in [3.63, 3.8) is 0 Å². The first-order chi connectivity index (χ1) is 12.6. The van der Waals surface area contributed by atoms with Gasteiger partial charge >= 0.3 is 0 Å². The Bertz CT molecular complexity index is 962. The fraction of sp³-hybridized carbons (Fsp3) is 0.222. The third-order valence-electron chi connectivity index (χ3n) is 4.56. The smallest absolute Gasteiger partial charge is 0.289 e. The van der Waals surface area contributed by atoms with Gasteiger partial charge in [-0.1, -0.05) is 0 Å². The summed E-state index contributed by atoms with van der Waals surface area (Å²) in [6, 6.07) is 10.00. The van der Waals surface area contributed by atoms with Crippen LogP contribution in [0.25, 0.3) is 10.9 Å². The van der Waals surface area contributed by atoms with Crippen molar-refractivity contribution in [2.45, 2.75) is 0 Å². The van der Waals surface area contributed by atoms with Crippen LogP contribution in [0, 0.1) is 10.1 Å². The number of rotatable bonds is 3.